The number of nitrogens with zero attached hydrogens (tertiary/aromatic N) is 1. The van der Waals surface area contributed by atoms with Gasteiger partial charge in [-0.3, -0.25) is 9.45 Å². The first-order valence-corrected chi connectivity index (χ1v) is 6.76. The van der Waals surface area contributed by atoms with Gasteiger partial charge in [-0.05, 0) is 32.4 Å². The van der Waals surface area contributed by atoms with Crippen LogP contribution in [0, 0.1) is 0 Å². The standard InChI is InChI=1S/C9H19NO3S/c1-2-9(14(11,12)13)10-7-5-3-4-6-8-10/h9H,2-8H2,1H3,(H,11,12,13). The predicted octanol–water partition coefficient (Wildman–Crippen LogP) is 1.49. The Kier molecular flexibility index (Phi) is 4.34. The Balaban J connectivity index is 2.67. The van der Waals surface area contributed by atoms with Crippen LogP contribution in [0.2, 0.25) is 0 Å². The highest BCUT2D eigenvalue weighted by atomic mass is 32.2. The van der Waals surface area contributed by atoms with Crippen molar-refractivity contribution < 1.29 is 13.0 Å². The van der Waals surface area contributed by atoms with Gasteiger partial charge in [0.15, 0.2) is 0 Å². The van der Waals surface area contributed by atoms with Crippen LogP contribution in [0.3, 0.4) is 0 Å². The maximum absolute atomic E-state index is 11.1. The lowest BCUT2D eigenvalue weighted by Gasteiger charge is -2.26. The van der Waals surface area contributed by atoms with Crippen molar-refractivity contribution in [3.8, 4) is 0 Å². The first-order valence-electron chi connectivity index (χ1n) is 5.26. The highest BCUT2D eigenvalue weighted by Gasteiger charge is 2.28. The summed E-state index contributed by atoms with van der Waals surface area (Å²) in [6.07, 6.45) is 4.85. The lowest BCUT2D eigenvalue weighted by molar-refractivity contribution is 0.240. The van der Waals surface area contributed by atoms with Gasteiger partial charge >= 0.3 is 0 Å². The van der Waals surface area contributed by atoms with Crippen LogP contribution in [0.4, 0.5) is 0 Å². The molecule has 1 aliphatic rings. The quantitative estimate of drug-likeness (QED) is 0.733. The molecule has 1 atom stereocenters. The van der Waals surface area contributed by atoms with Crippen molar-refractivity contribution in [1.82, 2.24) is 4.90 Å². The Morgan fingerprint density at radius 1 is 1.21 bits per heavy atom. The lowest BCUT2D eigenvalue weighted by atomic mass is 10.2. The van der Waals surface area contributed by atoms with Crippen molar-refractivity contribution in [3.63, 3.8) is 0 Å². The summed E-state index contributed by atoms with van der Waals surface area (Å²) in [7, 11) is -3.90. The minimum absolute atomic E-state index is 0.457. The van der Waals surface area contributed by atoms with Crippen LogP contribution < -0.4 is 0 Å². The predicted molar refractivity (Wildman–Crippen MR) is 55.7 cm³/mol. The second kappa shape index (κ2) is 5.09. The second-order valence-electron chi connectivity index (χ2n) is 3.83. The van der Waals surface area contributed by atoms with E-state index >= 15 is 0 Å². The van der Waals surface area contributed by atoms with E-state index in [0.29, 0.717) is 6.42 Å². The molecule has 1 fully saturated rings. The summed E-state index contributed by atoms with van der Waals surface area (Å²) >= 11 is 0. The van der Waals surface area contributed by atoms with Gasteiger partial charge in [-0.1, -0.05) is 19.8 Å². The minimum atomic E-state index is -3.90. The monoisotopic (exact) mass is 221 g/mol. The normalized spacial score (nSPS) is 23.0. The summed E-state index contributed by atoms with van der Waals surface area (Å²) in [6, 6.07) is 0. The molecule has 0 bridgehead atoms. The third-order valence-electron chi connectivity index (χ3n) is 2.74. The summed E-state index contributed by atoms with van der Waals surface area (Å²) < 4.78 is 31.2. The average Bonchev–Trinajstić information content (AvgIpc) is 2.31. The van der Waals surface area contributed by atoms with E-state index in [1.165, 1.54) is 12.8 Å². The molecule has 84 valence electrons. The molecule has 14 heavy (non-hydrogen) atoms. The Labute approximate surface area is 86.0 Å². The van der Waals surface area contributed by atoms with Crippen LogP contribution in [0.5, 0.6) is 0 Å². The molecule has 0 aliphatic carbocycles. The van der Waals surface area contributed by atoms with E-state index in [1.807, 2.05) is 4.90 Å². The third-order valence-corrected chi connectivity index (χ3v) is 4.06. The Morgan fingerprint density at radius 3 is 2.07 bits per heavy atom. The molecule has 0 aromatic carbocycles. The van der Waals surface area contributed by atoms with Crippen LogP contribution in [-0.4, -0.2) is 36.3 Å². The zero-order chi connectivity index (χ0) is 10.6. The van der Waals surface area contributed by atoms with Crippen LogP contribution >= 0.6 is 0 Å². The van der Waals surface area contributed by atoms with E-state index in [9.17, 15) is 8.42 Å². The van der Waals surface area contributed by atoms with Crippen molar-refractivity contribution >= 4 is 10.1 Å². The third kappa shape index (κ3) is 3.22. The lowest BCUT2D eigenvalue weighted by Crippen LogP contribution is -2.41. The van der Waals surface area contributed by atoms with Gasteiger partial charge in [0.2, 0.25) is 0 Å². The smallest absolute Gasteiger partial charge is 0.281 e. The summed E-state index contributed by atoms with van der Waals surface area (Å²) in [6.45, 7) is 3.37. The van der Waals surface area contributed by atoms with Gasteiger partial charge in [0.25, 0.3) is 10.1 Å². The molecule has 1 heterocycles. The van der Waals surface area contributed by atoms with Gasteiger partial charge < -0.3 is 0 Å². The topological polar surface area (TPSA) is 57.6 Å². The van der Waals surface area contributed by atoms with Gasteiger partial charge in [0.1, 0.15) is 5.37 Å². The van der Waals surface area contributed by atoms with Gasteiger partial charge in [-0.2, -0.15) is 8.42 Å². The number of hydrogen-bond donors (Lipinski definition) is 1. The molecule has 0 radical (unpaired) electrons. The van der Waals surface area contributed by atoms with E-state index in [4.69, 9.17) is 4.55 Å². The molecule has 4 nitrogen and oxygen atoms in total. The first-order chi connectivity index (χ1) is 6.55. The molecule has 0 saturated carbocycles. The number of hydrogen-bond acceptors (Lipinski definition) is 3. The average molecular weight is 221 g/mol. The molecule has 1 rings (SSSR count). The highest BCUT2D eigenvalue weighted by molar-refractivity contribution is 7.86. The van der Waals surface area contributed by atoms with Crippen molar-refractivity contribution in [1.29, 1.82) is 0 Å². The van der Waals surface area contributed by atoms with E-state index in [-0.39, 0.29) is 0 Å². The fourth-order valence-corrected chi connectivity index (χ4v) is 3.05. The number of rotatable bonds is 3. The van der Waals surface area contributed by atoms with Crippen molar-refractivity contribution in [2.45, 2.75) is 44.4 Å². The van der Waals surface area contributed by atoms with E-state index in [1.54, 1.807) is 6.92 Å². The number of likely N-dealkylation sites (tertiary alicyclic amines) is 1. The van der Waals surface area contributed by atoms with Gasteiger partial charge in [-0.25, -0.2) is 0 Å². The molecule has 0 aromatic rings. The fraction of sp³-hybridized carbons (Fsp3) is 1.00. The van der Waals surface area contributed by atoms with E-state index in [2.05, 4.69) is 0 Å². The minimum Gasteiger partial charge on any atom is -0.285 e. The molecule has 1 N–H and O–H groups in total. The molecule has 0 amide bonds. The zero-order valence-corrected chi connectivity index (χ0v) is 9.46. The Morgan fingerprint density at radius 2 is 1.71 bits per heavy atom. The van der Waals surface area contributed by atoms with Crippen LogP contribution in [-0.2, 0) is 10.1 Å². The van der Waals surface area contributed by atoms with Gasteiger partial charge in [0, 0.05) is 0 Å². The van der Waals surface area contributed by atoms with Gasteiger partial charge in [0.05, 0.1) is 0 Å². The highest BCUT2D eigenvalue weighted by Crippen LogP contribution is 2.17. The molecular formula is C9H19NO3S. The van der Waals surface area contributed by atoms with Crippen LogP contribution in [0.15, 0.2) is 0 Å². The molecule has 1 aliphatic heterocycles. The molecule has 0 aromatic heterocycles. The van der Waals surface area contributed by atoms with Crippen molar-refractivity contribution in [2.24, 2.45) is 0 Å². The zero-order valence-electron chi connectivity index (χ0n) is 8.65. The molecule has 0 spiro atoms. The van der Waals surface area contributed by atoms with Crippen LogP contribution in [0.1, 0.15) is 39.0 Å². The largest absolute Gasteiger partial charge is 0.285 e. The Bertz CT molecular complexity index is 255. The second-order valence-corrected chi connectivity index (χ2v) is 5.40. The molecule has 1 saturated heterocycles. The maximum Gasteiger partial charge on any atom is 0.281 e. The summed E-state index contributed by atoms with van der Waals surface area (Å²) in [5.74, 6) is 0. The van der Waals surface area contributed by atoms with Gasteiger partial charge in [-0.15, -0.1) is 0 Å². The fourth-order valence-electron chi connectivity index (χ4n) is 2.04. The molecule has 1 unspecified atom stereocenters. The SMILES string of the molecule is CCC(N1CCCCCC1)S(=O)(=O)O. The maximum atomic E-state index is 11.1. The summed E-state index contributed by atoms with van der Waals surface area (Å²) in [4.78, 5) is 1.89. The molecular weight excluding hydrogens is 202 g/mol. The summed E-state index contributed by atoms with van der Waals surface area (Å²) in [5.41, 5.74) is 0. The van der Waals surface area contributed by atoms with Crippen LogP contribution in [0.25, 0.3) is 0 Å². The van der Waals surface area contributed by atoms with E-state index < -0.39 is 15.5 Å². The molecule has 5 heteroatoms. The van der Waals surface area contributed by atoms with E-state index in [0.717, 1.165) is 25.9 Å². The van der Waals surface area contributed by atoms with Crippen molar-refractivity contribution in [3.05, 3.63) is 0 Å². The van der Waals surface area contributed by atoms with Crippen molar-refractivity contribution in [2.75, 3.05) is 13.1 Å². The summed E-state index contributed by atoms with van der Waals surface area (Å²) in [5, 5.41) is -0.694. The first kappa shape index (κ1) is 11.9. The Hall–Kier alpha value is -0.130.